The number of hydrogen-bond acceptors (Lipinski definition) is 5. The smallest absolute Gasteiger partial charge is 0.389 e. The SMILES string of the molecule is [N-]=[N+]=N[C@@H]1CC[C@@H](O)C=C1OS(=O)(=O)C(F)(F)F. The van der Waals surface area contributed by atoms with Crippen LogP contribution in [0.25, 0.3) is 10.4 Å². The van der Waals surface area contributed by atoms with Gasteiger partial charge in [0.1, 0.15) is 5.76 Å². The molecule has 11 heteroatoms. The van der Waals surface area contributed by atoms with Crippen LogP contribution in [0, 0.1) is 0 Å². The lowest BCUT2D eigenvalue weighted by atomic mass is 10.00. The Balaban J connectivity index is 3.02. The number of rotatable bonds is 3. The van der Waals surface area contributed by atoms with Crippen LogP contribution in [-0.2, 0) is 14.3 Å². The van der Waals surface area contributed by atoms with E-state index in [1.165, 1.54) is 0 Å². The van der Waals surface area contributed by atoms with Crippen LogP contribution in [0.3, 0.4) is 0 Å². The van der Waals surface area contributed by atoms with Crippen molar-refractivity contribution in [3.63, 3.8) is 0 Å². The van der Waals surface area contributed by atoms with Crippen molar-refractivity contribution in [3.8, 4) is 0 Å². The number of alkyl halides is 3. The third kappa shape index (κ3) is 3.28. The highest BCUT2D eigenvalue weighted by atomic mass is 32.2. The van der Waals surface area contributed by atoms with Gasteiger partial charge in [-0.05, 0) is 24.4 Å². The molecular weight excluding hydrogens is 279 g/mol. The minimum Gasteiger partial charge on any atom is -0.389 e. The highest BCUT2D eigenvalue weighted by Crippen LogP contribution is 2.31. The monoisotopic (exact) mass is 287 g/mol. The van der Waals surface area contributed by atoms with Gasteiger partial charge < -0.3 is 9.29 Å². The Hall–Kier alpha value is -1.45. The summed E-state index contributed by atoms with van der Waals surface area (Å²) in [5, 5.41) is 12.3. The lowest BCUT2D eigenvalue weighted by Crippen LogP contribution is -2.30. The lowest BCUT2D eigenvalue weighted by Gasteiger charge is -2.23. The molecule has 18 heavy (non-hydrogen) atoms. The summed E-state index contributed by atoms with van der Waals surface area (Å²) in [7, 11) is -5.83. The Labute approximate surface area is 99.6 Å². The van der Waals surface area contributed by atoms with Crippen molar-refractivity contribution >= 4 is 10.1 Å². The number of aliphatic hydroxyl groups is 1. The molecule has 102 valence electrons. The van der Waals surface area contributed by atoms with Crippen LogP contribution in [0.2, 0.25) is 0 Å². The van der Waals surface area contributed by atoms with Gasteiger partial charge in [-0.3, -0.25) is 0 Å². The minimum atomic E-state index is -5.83. The van der Waals surface area contributed by atoms with E-state index >= 15 is 0 Å². The topological polar surface area (TPSA) is 112 Å². The first kappa shape index (κ1) is 14.6. The van der Waals surface area contributed by atoms with Crippen LogP contribution in [-0.4, -0.2) is 31.2 Å². The molecule has 2 atom stereocenters. The Kier molecular flexibility index (Phi) is 4.09. The maximum atomic E-state index is 12.1. The molecule has 0 aromatic heterocycles. The fourth-order valence-electron chi connectivity index (χ4n) is 1.29. The second kappa shape index (κ2) is 5.04. The van der Waals surface area contributed by atoms with Gasteiger partial charge in [0, 0.05) is 4.91 Å². The van der Waals surface area contributed by atoms with Crippen molar-refractivity contribution in [2.75, 3.05) is 0 Å². The maximum Gasteiger partial charge on any atom is 0.534 e. The second-order valence-corrected chi connectivity index (χ2v) is 4.96. The molecule has 0 amide bonds. The summed E-state index contributed by atoms with van der Waals surface area (Å²) in [6.45, 7) is 0. The zero-order chi connectivity index (χ0) is 14.0. The molecule has 0 aromatic carbocycles. The Morgan fingerprint density at radius 3 is 2.61 bits per heavy atom. The minimum absolute atomic E-state index is 0.00949. The zero-order valence-electron chi connectivity index (χ0n) is 8.70. The van der Waals surface area contributed by atoms with Crippen LogP contribution >= 0.6 is 0 Å². The summed E-state index contributed by atoms with van der Waals surface area (Å²) in [6.07, 6.45) is -0.243. The Morgan fingerprint density at radius 1 is 1.50 bits per heavy atom. The van der Waals surface area contributed by atoms with Crippen molar-refractivity contribution in [1.82, 2.24) is 0 Å². The second-order valence-electron chi connectivity index (χ2n) is 3.42. The van der Waals surface area contributed by atoms with E-state index in [0.29, 0.717) is 0 Å². The van der Waals surface area contributed by atoms with Gasteiger partial charge >= 0.3 is 15.6 Å². The zero-order valence-corrected chi connectivity index (χ0v) is 9.52. The van der Waals surface area contributed by atoms with Gasteiger partial charge in [-0.15, -0.1) is 0 Å². The van der Waals surface area contributed by atoms with Crippen molar-refractivity contribution in [2.24, 2.45) is 5.11 Å². The standard InChI is InChI=1S/C7H8F3N3O4S/c8-7(9,10)18(15,16)17-6-3-4(14)1-2-5(6)12-13-11/h3-5,14H,1-2H2/t4-,5-/m1/s1. The Bertz CT molecular complexity index is 495. The van der Waals surface area contributed by atoms with E-state index in [1.54, 1.807) is 0 Å². The summed E-state index contributed by atoms with van der Waals surface area (Å²) in [5.41, 5.74) is 2.62. The first-order chi connectivity index (χ1) is 8.17. The first-order valence-electron chi connectivity index (χ1n) is 4.62. The van der Waals surface area contributed by atoms with Crippen molar-refractivity contribution in [1.29, 1.82) is 0 Å². The molecule has 1 aliphatic carbocycles. The van der Waals surface area contributed by atoms with E-state index in [-0.39, 0.29) is 12.8 Å². The molecular formula is C7H8F3N3O4S. The van der Waals surface area contributed by atoms with E-state index in [0.717, 1.165) is 6.08 Å². The van der Waals surface area contributed by atoms with Gasteiger partial charge in [0.15, 0.2) is 0 Å². The molecule has 7 nitrogen and oxygen atoms in total. The average Bonchev–Trinajstić information content (AvgIpc) is 2.20. The van der Waals surface area contributed by atoms with E-state index in [1.807, 2.05) is 0 Å². The van der Waals surface area contributed by atoms with E-state index < -0.39 is 33.5 Å². The van der Waals surface area contributed by atoms with Crippen molar-refractivity contribution in [2.45, 2.75) is 30.5 Å². The van der Waals surface area contributed by atoms with E-state index in [9.17, 15) is 26.7 Å². The largest absolute Gasteiger partial charge is 0.534 e. The summed E-state index contributed by atoms with van der Waals surface area (Å²) in [4.78, 5) is 2.37. The molecule has 0 fully saturated rings. The van der Waals surface area contributed by atoms with Crippen LogP contribution < -0.4 is 0 Å². The first-order valence-corrected chi connectivity index (χ1v) is 6.03. The normalized spacial score (nSPS) is 25.0. The summed E-state index contributed by atoms with van der Waals surface area (Å²) in [6, 6.07) is -1.18. The van der Waals surface area contributed by atoms with E-state index in [4.69, 9.17) is 5.53 Å². The summed E-state index contributed by atoms with van der Waals surface area (Å²) in [5.74, 6) is -0.719. The molecule has 0 saturated carbocycles. The van der Waals surface area contributed by atoms with Crippen LogP contribution in [0.5, 0.6) is 0 Å². The van der Waals surface area contributed by atoms with Crippen molar-refractivity contribution in [3.05, 3.63) is 22.3 Å². The van der Waals surface area contributed by atoms with Gasteiger partial charge in [0.2, 0.25) is 0 Å². The van der Waals surface area contributed by atoms with Crippen LogP contribution in [0.15, 0.2) is 16.9 Å². The molecule has 1 aliphatic rings. The van der Waals surface area contributed by atoms with Gasteiger partial charge in [0.05, 0.1) is 12.1 Å². The quantitative estimate of drug-likeness (QED) is 0.279. The molecule has 1 rings (SSSR count). The number of hydrogen-bond donors (Lipinski definition) is 1. The van der Waals surface area contributed by atoms with Gasteiger partial charge in [-0.25, -0.2) is 0 Å². The predicted octanol–water partition coefficient (Wildman–Crippen LogP) is 1.57. The lowest BCUT2D eigenvalue weighted by molar-refractivity contribution is -0.0526. The third-order valence-electron chi connectivity index (χ3n) is 2.10. The fraction of sp³-hybridized carbons (Fsp3) is 0.714. The van der Waals surface area contributed by atoms with Gasteiger partial charge in [0.25, 0.3) is 0 Å². The highest BCUT2D eigenvalue weighted by Gasteiger charge is 2.49. The number of halogens is 3. The Morgan fingerprint density at radius 2 is 2.11 bits per heavy atom. The molecule has 0 aromatic rings. The number of nitrogens with zero attached hydrogens (tertiary/aromatic N) is 3. The number of azide groups is 1. The maximum absolute atomic E-state index is 12.1. The molecule has 0 saturated heterocycles. The molecule has 0 heterocycles. The van der Waals surface area contributed by atoms with Crippen molar-refractivity contribution < 1.29 is 30.9 Å². The predicted molar refractivity (Wildman–Crippen MR) is 52.3 cm³/mol. The van der Waals surface area contributed by atoms with E-state index in [2.05, 4.69) is 14.2 Å². The molecule has 1 N–H and O–H groups in total. The van der Waals surface area contributed by atoms with Crippen LogP contribution in [0.4, 0.5) is 13.2 Å². The average molecular weight is 287 g/mol. The molecule has 0 bridgehead atoms. The van der Waals surface area contributed by atoms with Crippen LogP contribution in [0.1, 0.15) is 12.8 Å². The molecule has 0 aliphatic heterocycles. The molecule has 0 spiro atoms. The summed E-state index contributed by atoms with van der Waals surface area (Å²) < 4.78 is 61.7. The summed E-state index contributed by atoms with van der Waals surface area (Å²) >= 11 is 0. The molecule has 0 radical (unpaired) electrons. The van der Waals surface area contributed by atoms with Gasteiger partial charge in [-0.2, -0.15) is 21.6 Å². The highest BCUT2D eigenvalue weighted by molar-refractivity contribution is 7.87. The fourth-order valence-corrected chi connectivity index (χ4v) is 1.80. The number of aliphatic hydroxyl groups excluding tert-OH is 1. The van der Waals surface area contributed by atoms with Gasteiger partial charge in [-0.1, -0.05) is 5.11 Å². The third-order valence-corrected chi connectivity index (χ3v) is 3.08. The molecule has 0 unspecified atom stereocenters.